The molecule has 0 aliphatic heterocycles. The Morgan fingerprint density at radius 1 is 0.947 bits per heavy atom. The van der Waals surface area contributed by atoms with Crippen molar-refractivity contribution >= 4 is 52.4 Å². The topological polar surface area (TPSA) is 61.6 Å². The highest BCUT2D eigenvalue weighted by Gasteiger charge is 2.33. The second-order valence-electron chi connectivity index (χ2n) is 8.61. The molecule has 3 aromatic carbocycles. The van der Waals surface area contributed by atoms with Crippen LogP contribution < -0.4 is 4.74 Å². The lowest BCUT2D eigenvalue weighted by atomic mass is 10.0. The van der Waals surface area contributed by atoms with E-state index in [1.807, 2.05) is 0 Å². The summed E-state index contributed by atoms with van der Waals surface area (Å²) >= 11 is 25.6. The lowest BCUT2D eigenvalue weighted by Crippen LogP contribution is -2.01. The van der Waals surface area contributed by atoms with Gasteiger partial charge in [-0.1, -0.05) is 69.5 Å². The van der Waals surface area contributed by atoms with Crippen molar-refractivity contribution in [2.75, 3.05) is 7.11 Å². The molecule has 0 radical (unpaired) electrons. The minimum atomic E-state index is -0.470. The average molecular weight is 587 g/mol. The van der Waals surface area contributed by atoms with Gasteiger partial charge in [-0.3, -0.25) is 0 Å². The number of hydrogen-bond acceptors (Lipinski definition) is 5. The predicted octanol–water partition coefficient (Wildman–Crippen LogP) is 8.60. The van der Waals surface area contributed by atoms with E-state index < -0.39 is 5.97 Å². The van der Waals surface area contributed by atoms with Crippen molar-refractivity contribution < 1.29 is 18.8 Å². The van der Waals surface area contributed by atoms with Gasteiger partial charge in [0.05, 0.1) is 38.3 Å². The maximum atomic E-state index is 11.8. The first-order valence-corrected chi connectivity index (χ1v) is 13.1. The van der Waals surface area contributed by atoms with Gasteiger partial charge in [0.25, 0.3) is 0 Å². The van der Waals surface area contributed by atoms with Gasteiger partial charge < -0.3 is 14.0 Å². The first kappa shape index (κ1) is 26.5. The third-order valence-corrected chi connectivity index (χ3v) is 7.28. The Morgan fingerprint density at radius 3 is 2.37 bits per heavy atom. The van der Waals surface area contributed by atoms with Gasteiger partial charge >= 0.3 is 5.97 Å². The summed E-state index contributed by atoms with van der Waals surface area (Å²) in [4.78, 5) is 11.8. The Balaban J connectivity index is 1.38. The van der Waals surface area contributed by atoms with E-state index in [9.17, 15) is 4.79 Å². The maximum absolute atomic E-state index is 11.8. The second-order valence-corrected chi connectivity index (χ2v) is 10.2. The number of aromatic nitrogens is 1. The van der Waals surface area contributed by atoms with Crippen molar-refractivity contribution in [3.63, 3.8) is 0 Å². The molecule has 192 valence electrons. The third kappa shape index (κ3) is 5.65. The number of hydrogen-bond donors (Lipinski definition) is 0. The number of nitrogens with zero attached hydrogens (tertiary/aromatic N) is 1. The summed E-state index contributed by atoms with van der Waals surface area (Å²) in [6.07, 6.45) is 2.06. The Kier molecular flexibility index (Phi) is 7.88. The van der Waals surface area contributed by atoms with Crippen LogP contribution >= 0.6 is 46.4 Å². The summed E-state index contributed by atoms with van der Waals surface area (Å²) < 4.78 is 16.5. The normalized spacial score (nSPS) is 12.6. The van der Waals surface area contributed by atoms with Gasteiger partial charge in [0.2, 0.25) is 0 Å². The molecular weight excluding hydrogens is 568 g/mol. The van der Waals surface area contributed by atoms with E-state index in [1.165, 1.54) is 7.11 Å². The van der Waals surface area contributed by atoms with Gasteiger partial charge in [0.1, 0.15) is 23.8 Å². The van der Waals surface area contributed by atoms with Gasteiger partial charge in [0.15, 0.2) is 0 Å². The number of halogens is 4. The van der Waals surface area contributed by atoms with Gasteiger partial charge in [-0.15, -0.1) is 0 Å². The molecule has 0 bridgehead atoms. The fourth-order valence-corrected chi connectivity index (χ4v) is 4.85. The standard InChI is InChI=1S/C29H19Cl4NO4/c1-36-29(35)19-10-12-22(30)18(13-19)8-5-16-9-11-20(14-25(16)33)37-15-21-27(34-38-28(21)17-6-7-17)26-23(31)3-2-4-24(26)32/h2-4,9-14,17H,6-7,15H2,1H3. The molecule has 1 fully saturated rings. The van der Waals surface area contributed by atoms with E-state index in [0.29, 0.717) is 59.7 Å². The first-order chi connectivity index (χ1) is 18.4. The molecule has 1 saturated carbocycles. The molecule has 5 nitrogen and oxygen atoms in total. The number of esters is 1. The van der Waals surface area contributed by atoms with E-state index >= 15 is 0 Å². The highest BCUT2D eigenvalue weighted by Crippen LogP contribution is 2.46. The molecule has 0 spiro atoms. The molecule has 0 amide bonds. The average Bonchev–Trinajstić information content (AvgIpc) is 3.67. The summed E-state index contributed by atoms with van der Waals surface area (Å²) in [6.45, 7) is 0.198. The monoisotopic (exact) mass is 585 g/mol. The van der Waals surface area contributed by atoms with Crippen molar-refractivity contribution in [3.8, 4) is 28.8 Å². The summed E-state index contributed by atoms with van der Waals surface area (Å²) in [5.74, 6) is 7.13. The van der Waals surface area contributed by atoms with Gasteiger partial charge in [-0.2, -0.15) is 0 Å². The van der Waals surface area contributed by atoms with Crippen LogP contribution in [0.2, 0.25) is 20.1 Å². The zero-order valence-corrected chi connectivity index (χ0v) is 23.0. The van der Waals surface area contributed by atoms with Crippen LogP contribution in [0.5, 0.6) is 5.75 Å². The van der Waals surface area contributed by atoms with Gasteiger partial charge in [-0.05, 0) is 55.3 Å². The molecule has 0 N–H and O–H groups in total. The predicted molar refractivity (Wildman–Crippen MR) is 148 cm³/mol. The Morgan fingerprint density at radius 2 is 1.68 bits per heavy atom. The Hall–Kier alpha value is -3.14. The largest absolute Gasteiger partial charge is 0.489 e. The molecule has 0 unspecified atom stereocenters. The summed E-state index contributed by atoms with van der Waals surface area (Å²) in [5.41, 5.74) is 3.41. The maximum Gasteiger partial charge on any atom is 0.337 e. The third-order valence-electron chi connectivity index (χ3n) is 6.01. The van der Waals surface area contributed by atoms with Crippen molar-refractivity contribution in [2.45, 2.75) is 25.4 Å². The molecule has 4 aromatic rings. The molecule has 38 heavy (non-hydrogen) atoms. The molecule has 0 atom stereocenters. The number of rotatable bonds is 6. The zero-order valence-electron chi connectivity index (χ0n) is 20.0. The number of methoxy groups -OCH3 is 1. The van der Waals surface area contributed by atoms with Crippen LogP contribution in [0.15, 0.2) is 59.1 Å². The fourth-order valence-electron chi connectivity index (χ4n) is 3.89. The first-order valence-electron chi connectivity index (χ1n) is 11.6. The van der Waals surface area contributed by atoms with Crippen LogP contribution in [-0.4, -0.2) is 18.2 Å². The van der Waals surface area contributed by atoms with Crippen molar-refractivity contribution in [3.05, 3.63) is 103 Å². The number of carbonyl (C=O) groups is 1. The van der Waals surface area contributed by atoms with E-state index in [4.69, 9.17) is 60.4 Å². The van der Waals surface area contributed by atoms with Crippen molar-refractivity contribution in [1.82, 2.24) is 5.16 Å². The molecule has 1 aliphatic rings. The van der Waals surface area contributed by atoms with Crippen molar-refractivity contribution in [2.24, 2.45) is 0 Å². The zero-order chi connectivity index (χ0) is 26.8. The lowest BCUT2D eigenvalue weighted by molar-refractivity contribution is 0.0600. The number of carbonyl (C=O) groups excluding carboxylic acids is 1. The van der Waals surface area contributed by atoms with Crippen LogP contribution in [0.1, 0.15) is 51.6 Å². The van der Waals surface area contributed by atoms with Crippen LogP contribution in [-0.2, 0) is 11.3 Å². The number of benzene rings is 3. The van der Waals surface area contributed by atoms with Crippen LogP contribution in [0.4, 0.5) is 0 Å². The smallest absolute Gasteiger partial charge is 0.337 e. The van der Waals surface area contributed by atoms with Gasteiger partial charge in [0, 0.05) is 28.7 Å². The quantitative estimate of drug-likeness (QED) is 0.167. The summed E-state index contributed by atoms with van der Waals surface area (Å²) in [7, 11) is 1.31. The fraction of sp³-hybridized carbons (Fsp3) is 0.172. The van der Waals surface area contributed by atoms with Crippen molar-refractivity contribution in [1.29, 1.82) is 0 Å². The summed E-state index contributed by atoms with van der Waals surface area (Å²) in [6, 6.07) is 15.3. The summed E-state index contributed by atoms with van der Waals surface area (Å²) in [5, 5.41) is 6.07. The van der Waals surface area contributed by atoms with Gasteiger partial charge in [-0.25, -0.2) is 4.79 Å². The molecule has 1 heterocycles. The second kappa shape index (κ2) is 11.3. The highest BCUT2D eigenvalue weighted by atomic mass is 35.5. The van der Waals surface area contributed by atoms with E-state index in [1.54, 1.807) is 54.6 Å². The molecule has 5 rings (SSSR count). The minimum absolute atomic E-state index is 0.198. The Bertz CT molecular complexity index is 1580. The van der Waals surface area contributed by atoms with Crippen LogP contribution in [0, 0.1) is 11.8 Å². The van der Waals surface area contributed by atoms with E-state index in [-0.39, 0.29) is 6.61 Å². The highest BCUT2D eigenvalue weighted by molar-refractivity contribution is 6.39. The molecular formula is C29H19Cl4NO4. The Labute approximate surface area is 239 Å². The van der Waals surface area contributed by atoms with Crippen LogP contribution in [0.3, 0.4) is 0 Å². The van der Waals surface area contributed by atoms with E-state index in [0.717, 1.165) is 24.2 Å². The lowest BCUT2D eigenvalue weighted by Gasteiger charge is -2.10. The SMILES string of the molecule is COC(=O)c1ccc(Cl)c(C#Cc2ccc(OCc3c(-c4c(Cl)cccc4Cl)noc3C3CC3)cc2Cl)c1. The van der Waals surface area contributed by atoms with E-state index in [2.05, 4.69) is 17.0 Å². The molecule has 1 aliphatic carbocycles. The molecule has 9 heteroatoms. The number of ether oxygens (including phenoxy) is 2. The molecule has 0 saturated heterocycles. The molecule has 1 aromatic heterocycles. The minimum Gasteiger partial charge on any atom is -0.489 e. The van der Waals surface area contributed by atoms with Crippen LogP contribution in [0.25, 0.3) is 11.3 Å².